The smallest absolute Gasteiger partial charge is 0.250 e. The first-order chi connectivity index (χ1) is 16.5. The zero-order valence-electron chi connectivity index (χ0n) is 22.2. The molecule has 4 aliphatic rings. The van der Waals surface area contributed by atoms with Gasteiger partial charge >= 0.3 is 0 Å². The summed E-state index contributed by atoms with van der Waals surface area (Å²) in [6.45, 7) is 14.2. The number of aryl methyl sites for hydroxylation is 1. The molecule has 35 heavy (non-hydrogen) atoms. The Labute approximate surface area is 220 Å². The summed E-state index contributed by atoms with van der Waals surface area (Å²) in [4.78, 5) is 4.71. The summed E-state index contributed by atoms with van der Waals surface area (Å²) in [7, 11) is -1.82. The summed E-state index contributed by atoms with van der Waals surface area (Å²) in [5.74, 6) is 3.28. The van der Waals surface area contributed by atoms with Crippen LogP contribution in [0.25, 0.3) is 0 Å². The molecule has 0 unspecified atom stereocenters. The molecule has 1 aliphatic heterocycles. The number of epoxide rings is 1. The normalized spacial score (nSPS) is 35.9. The average Bonchev–Trinajstić information content (AvgIpc) is 3.45. The molecule has 3 aliphatic carbocycles. The van der Waals surface area contributed by atoms with Gasteiger partial charge in [0.1, 0.15) is 17.5 Å². The van der Waals surface area contributed by atoms with Gasteiger partial charge in [-0.15, -0.1) is 0 Å². The lowest BCUT2D eigenvalue weighted by Crippen LogP contribution is -2.45. The summed E-state index contributed by atoms with van der Waals surface area (Å²) >= 11 is 3.73. The topological polar surface area (TPSA) is 34.6 Å². The van der Waals surface area contributed by atoms with Gasteiger partial charge in [-0.2, -0.15) is 0 Å². The molecule has 1 saturated heterocycles. The molecule has 2 heterocycles. The molecule has 0 N–H and O–H groups in total. The highest BCUT2D eigenvalue weighted by molar-refractivity contribution is 9.10. The molecule has 0 amide bonds. The molecule has 1 spiro atoms. The monoisotopic (exact) mass is 553 g/mol. The van der Waals surface area contributed by atoms with Crippen LogP contribution in [0.3, 0.4) is 0 Å². The van der Waals surface area contributed by atoms with E-state index < -0.39 is 8.32 Å². The van der Waals surface area contributed by atoms with Crippen LogP contribution in [0.4, 0.5) is 0 Å². The molecule has 6 atom stereocenters. The molecule has 3 fully saturated rings. The van der Waals surface area contributed by atoms with E-state index in [-0.39, 0.29) is 22.2 Å². The van der Waals surface area contributed by atoms with Crippen molar-refractivity contribution in [3.05, 3.63) is 57.8 Å². The van der Waals surface area contributed by atoms with Crippen molar-refractivity contribution < 1.29 is 9.16 Å². The zero-order valence-corrected chi connectivity index (χ0v) is 24.7. The highest BCUT2D eigenvalue weighted by Gasteiger charge is 2.74. The van der Waals surface area contributed by atoms with Gasteiger partial charge in [0.05, 0.1) is 5.69 Å². The molecule has 1 aromatic heterocycles. The third-order valence-corrected chi connectivity index (χ3v) is 15.8. The Morgan fingerprint density at radius 3 is 2.66 bits per heavy atom. The van der Waals surface area contributed by atoms with Crippen molar-refractivity contribution in [3.8, 4) is 5.75 Å². The number of pyridine rings is 1. The molecular weight excluding hydrogens is 514 g/mol. The Bertz CT molecular complexity index is 1160. The van der Waals surface area contributed by atoms with Crippen LogP contribution in [-0.4, -0.2) is 18.9 Å². The summed E-state index contributed by atoms with van der Waals surface area (Å²) < 4.78 is 14.4. The van der Waals surface area contributed by atoms with Crippen LogP contribution in [0.15, 0.2) is 41.0 Å². The highest BCUT2D eigenvalue weighted by atomic mass is 79.9. The maximum atomic E-state index is 6.67. The Balaban J connectivity index is 1.24. The van der Waals surface area contributed by atoms with Gasteiger partial charge < -0.3 is 9.16 Å². The Kier molecular flexibility index (Phi) is 5.47. The van der Waals surface area contributed by atoms with Crippen LogP contribution in [0.1, 0.15) is 88.6 Å². The van der Waals surface area contributed by atoms with Crippen LogP contribution in [-0.2, 0) is 11.2 Å². The average molecular weight is 555 g/mol. The predicted molar refractivity (Wildman–Crippen MR) is 147 cm³/mol. The summed E-state index contributed by atoms with van der Waals surface area (Å²) in [5, 5.41) is 0.216. The molecule has 5 heteroatoms. The number of rotatable bonds is 3. The third-order valence-electron chi connectivity index (χ3n) is 10.8. The van der Waals surface area contributed by atoms with E-state index >= 15 is 0 Å². The van der Waals surface area contributed by atoms with Gasteiger partial charge in [-0.3, -0.25) is 4.98 Å². The van der Waals surface area contributed by atoms with Gasteiger partial charge in [0.25, 0.3) is 0 Å². The van der Waals surface area contributed by atoms with E-state index in [1.54, 1.807) is 5.56 Å². The molecule has 188 valence electrons. The number of aromatic nitrogens is 1. The number of ether oxygens (including phenoxy) is 1. The minimum atomic E-state index is -1.82. The van der Waals surface area contributed by atoms with Crippen LogP contribution in [0.2, 0.25) is 18.1 Å². The molecular formula is C30H40BrNO2Si. The van der Waals surface area contributed by atoms with Gasteiger partial charge in [0.15, 0.2) is 0 Å². The lowest BCUT2D eigenvalue weighted by Gasteiger charge is -2.50. The third kappa shape index (κ3) is 3.54. The van der Waals surface area contributed by atoms with E-state index in [1.165, 1.54) is 44.1 Å². The van der Waals surface area contributed by atoms with E-state index in [0.717, 1.165) is 27.8 Å². The number of nitrogens with zero attached hydrogens (tertiary/aromatic N) is 1. The largest absolute Gasteiger partial charge is 0.543 e. The number of hydrogen-bond donors (Lipinski definition) is 0. The van der Waals surface area contributed by atoms with Crippen molar-refractivity contribution in [1.82, 2.24) is 4.98 Å². The molecule has 3 nitrogen and oxygen atoms in total. The van der Waals surface area contributed by atoms with Crippen LogP contribution >= 0.6 is 15.9 Å². The van der Waals surface area contributed by atoms with Crippen molar-refractivity contribution in [1.29, 1.82) is 0 Å². The van der Waals surface area contributed by atoms with E-state index in [1.807, 2.05) is 12.3 Å². The Morgan fingerprint density at radius 1 is 1.11 bits per heavy atom. The number of hydrogen-bond acceptors (Lipinski definition) is 3. The maximum Gasteiger partial charge on any atom is 0.250 e. The molecule has 1 aromatic carbocycles. The second kappa shape index (κ2) is 7.91. The number of fused-ring (bicyclic) bond motifs is 6. The van der Waals surface area contributed by atoms with Crippen molar-refractivity contribution >= 4 is 24.2 Å². The van der Waals surface area contributed by atoms with Crippen molar-refractivity contribution in [2.24, 2.45) is 17.3 Å². The fourth-order valence-electron chi connectivity index (χ4n) is 7.77. The first kappa shape index (κ1) is 24.2. The van der Waals surface area contributed by atoms with E-state index in [9.17, 15) is 0 Å². The molecule has 2 aromatic rings. The molecule has 0 radical (unpaired) electrons. The first-order valence-corrected chi connectivity index (χ1v) is 17.3. The van der Waals surface area contributed by atoms with Crippen molar-refractivity contribution in [2.75, 3.05) is 0 Å². The summed E-state index contributed by atoms with van der Waals surface area (Å²) in [6.07, 6.45) is 9.53. The minimum Gasteiger partial charge on any atom is -0.543 e. The fourth-order valence-corrected chi connectivity index (χ4v) is 9.26. The Morgan fingerprint density at radius 2 is 1.91 bits per heavy atom. The predicted octanol–water partition coefficient (Wildman–Crippen LogP) is 8.59. The maximum absolute atomic E-state index is 6.67. The van der Waals surface area contributed by atoms with Crippen LogP contribution in [0.5, 0.6) is 5.75 Å². The SMILES string of the molecule is CC(C)(C)[Si](C)(C)Oc1ccc2c(c1)CC[C@@H]1[C@@H]2CC[C@@]2(C)[C@H]1CC[C@@]21O[C@H]1c1ncccc1Br. The minimum absolute atomic E-state index is 0.0132. The van der Waals surface area contributed by atoms with Gasteiger partial charge in [-0.25, -0.2) is 0 Å². The van der Waals surface area contributed by atoms with Crippen molar-refractivity contribution in [2.45, 2.75) is 102 Å². The molecule has 2 saturated carbocycles. The van der Waals surface area contributed by atoms with Crippen molar-refractivity contribution in [3.63, 3.8) is 0 Å². The lowest BCUT2D eigenvalue weighted by atomic mass is 9.53. The molecule has 6 rings (SSSR count). The zero-order chi connectivity index (χ0) is 24.8. The van der Waals surface area contributed by atoms with E-state index in [2.05, 4.69) is 81.0 Å². The van der Waals surface area contributed by atoms with Gasteiger partial charge in [0, 0.05) is 16.1 Å². The fraction of sp³-hybridized carbons (Fsp3) is 0.633. The highest BCUT2D eigenvalue weighted by Crippen LogP contribution is 2.75. The first-order valence-electron chi connectivity index (χ1n) is 13.6. The summed E-state index contributed by atoms with van der Waals surface area (Å²) in [6, 6.07) is 11.2. The quantitative estimate of drug-likeness (QED) is 0.282. The number of halogens is 1. The van der Waals surface area contributed by atoms with E-state index in [0.29, 0.717) is 5.92 Å². The molecule has 0 bridgehead atoms. The summed E-state index contributed by atoms with van der Waals surface area (Å²) in [5.41, 5.74) is 4.48. The Hall–Kier alpha value is -1.17. The second-order valence-electron chi connectivity index (χ2n) is 13.4. The lowest BCUT2D eigenvalue weighted by molar-refractivity contribution is 0.0120. The second-order valence-corrected chi connectivity index (χ2v) is 19.0. The van der Waals surface area contributed by atoms with Gasteiger partial charge in [0.2, 0.25) is 8.32 Å². The van der Waals surface area contributed by atoms with E-state index in [4.69, 9.17) is 14.1 Å². The number of benzene rings is 1. The standard InChI is InChI=1S/C30H40BrNO2Si/c1-28(2,3)35(5,6)34-20-10-12-21-19(18-20)9-11-23-22(21)13-15-29(4)24(23)14-16-30(29)27(33-30)26-25(31)8-7-17-32-26/h7-8,10,12,17-18,22-24,27H,9,11,13-16H2,1-6H3/t22-,23-,24+,27+,29+,30+/m1/s1. The van der Waals surface area contributed by atoms with Crippen LogP contribution in [0, 0.1) is 17.3 Å². The van der Waals surface area contributed by atoms with Gasteiger partial charge in [-0.1, -0.05) is 33.8 Å². The van der Waals surface area contributed by atoms with Crippen LogP contribution < -0.4 is 4.43 Å². The van der Waals surface area contributed by atoms with Gasteiger partial charge in [-0.05, 0) is 126 Å².